The van der Waals surface area contributed by atoms with Crippen molar-refractivity contribution in [2.24, 2.45) is 5.73 Å². The molecule has 1 unspecified atom stereocenters. The fourth-order valence-corrected chi connectivity index (χ4v) is 3.68. The number of anilines is 2. The summed E-state index contributed by atoms with van der Waals surface area (Å²) in [6.07, 6.45) is 0. The van der Waals surface area contributed by atoms with E-state index in [9.17, 15) is 13.2 Å². The Balaban J connectivity index is 0.00000576. The molecule has 144 valence electrons. The van der Waals surface area contributed by atoms with Gasteiger partial charge in [0.15, 0.2) is 0 Å². The first-order chi connectivity index (χ1) is 11.3. The molecule has 1 amide bonds. The average molecular weight is 395 g/mol. The Morgan fingerprint density at radius 3 is 2.36 bits per heavy atom. The van der Waals surface area contributed by atoms with Gasteiger partial charge in [-0.15, -0.1) is 12.4 Å². The van der Waals surface area contributed by atoms with E-state index in [0.717, 1.165) is 0 Å². The van der Waals surface area contributed by atoms with E-state index in [4.69, 9.17) is 10.5 Å². The molecule has 0 radical (unpaired) electrons. The van der Waals surface area contributed by atoms with Gasteiger partial charge in [0.05, 0.1) is 22.9 Å². The summed E-state index contributed by atoms with van der Waals surface area (Å²) in [7, 11) is -0.490. The number of benzene rings is 1. The van der Waals surface area contributed by atoms with E-state index in [1.165, 1.54) is 23.5 Å². The van der Waals surface area contributed by atoms with E-state index in [0.29, 0.717) is 24.5 Å². The summed E-state index contributed by atoms with van der Waals surface area (Å²) in [4.78, 5) is 12.2. The molecule has 0 bridgehead atoms. The van der Waals surface area contributed by atoms with Crippen molar-refractivity contribution in [3.05, 3.63) is 18.2 Å². The van der Waals surface area contributed by atoms with Gasteiger partial charge in [0.1, 0.15) is 6.04 Å². The minimum Gasteiger partial charge on any atom is -0.386 e. The first-order valence-corrected chi connectivity index (χ1v) is 9.13. The highest BCUT2D eigenvalue weighted by molar-refractivity contribution is 7.89. The van der Waals surface area contributed by atoms with Gasteiger partial charge in [-0.25, -0.2) is 8.42 Å². The maximum Gasteiger partial charge on any atom is 0.243 e. The fraction of sp³-hybridized carbons (Fsp3) is 0.533. The van der Waals surface area contributed by atoms with Gasteiger partial charge in [-0.1, -0.05) is 13.8 Å². The molecule has 0 saturated carbocycles. The third-order valence-electron chi connectivity index (χ3n) is 3.54. The molecule has 0 saturated heterocycles. The number of amides is 1. The number of sulfonamides is 1. The molecule has 1 aromatic rings. The zero-order chi connectivity index (χ0) is 18.3. The lowest BCUT2D eigenvalue weighted by Gasteiger charge is -2.20. The molecule has 4 N–H and O–H groups in total. The minimum atomic E-state index is -3.62. The second-order valence-electron chi connectivity index (χ2n) is 5.10. The summed E-state index contributed by atoms with van der Waals surface area (Å²) in [5, 5.41) is 5.56. The zero-order valence-corrected chi connectivity index (χ0v) is 16.5. The predicted molar refractivity (Wildman–Crippen MR) is 102 cm³/mol. The van der Waals surface area contributed by atoms with Gasteiger partial charge < -0.3 is 21.1 Å². The summed E-state index contributed by atoms with van der Waals surface area (Å²) in [6, 6.07) is 3.69. The molecule has 0 aliphatic rings. The Morgan fingerprint density at radius 1 is 1.28 bits per heavy atom. The Morgan fingerprint density at radius 2 is 1.88 bits per heavy atom. The number of nitrogens with zero attached hydrogens (tertiary/aromatic N) is 1. The van der Waals surface area contributed by atoms with Crippen LogP contribution in [0.25, 0.3) is 0 Å². The Hall–Kier alpha value is -1.39. The van der Waals surface area contributed by atoms with Crippen LogP contribution < -0.4 is 16.4 Å². The number of hydrogen-bond donors (Lipinski definition) is 3. The number of carbonyl (C=O) groups excluding carboxylic acids is 1. The second-order valence-corrected chi connectivity index (χ2v) is 7.04. The van der Waals surface area contributed by atoms with E-state index in [1.54, 1.807) is 27.0 Å². The molecule has 0 heterocycles. The van der Waals surface area contributed by atoms with E-state index >= 15 is 0 Å². The molecule has 0 aliphatic heterocycles. The quantitative estimate of drug-likeness (QED) is 0.577. The van der Waals surface area contributed by atoms with Crippen molar-refractivity contribution in [2.75, 3.05) is 44.5 Å². The topological polar surface area (TPSA) is 114 Å². The van der Waals surface area contributed by atoms with E-state index < -0.39 is 22.0 Å². The lowest BCUT2D eigenvalue weighted by molar-refractivity contribution is -0.118. The lowest BCUT2D eigenvalue weighted by atomic mass is 10.2. The highest BCUT2D eigenvalue weighted by atomic mass is 35.5. The largest absolute Gasteiger partial charge is 0.386 e. The standard InChI is InChI=1S/C15H26N4O4S.ClH/c1-5-19(6-2)24(21,22)11-7-8-13(17-3)14(9-11)18-15(20)12(16)10-23-4;/h7-9,12,17H,5-6,10,16H2,1-4H3,(H,18,20);1H. The molecular weight excluding hydrogens is 368 g/mol. The fourth-order valence-electron chi connectivity index (χ4n) is 2.20. The van der Waals surface area contributed by atoms with E-state index in [1.807, 2.05) is 0 Å². The number of nitrogens with two attached hydrogens (primary N) is 1. The van der Waals surface area contributed by atoms with Crippen LogP contribution in [-0.2, 0) is 19.6 Å². The first kappa shape index (κ1) is 23.6. The first-order valence-electron chi connectivity index (χ1n) is 7.69. The Bertz CT molecular complexity index is 665. The second kappa shape index (κ2) is 10.6. The van der Waals surface area contributed by atoms with Crippen LogP contribution in [0.3, 0.4) is 0 Å². The molecule has 1 aromatic carbocycles. The highest BCUT2D eigenvalue weighted by Gasteiger charge is 2.23. The molecule has 8 nitrogen and oxygen atoms in total. The van der Waals surface area contributed by atoms with Gasteiger partial charge in [-0.2, -0.15) is 4.31 Å². The maximum atomic E-state index is 12.6. The summed E-state index contributed by atoms with van der Waals surface area (Å²) in [6.45, 7) is 4.35. The van der Waals surface area contributed by atoms with Gasteiger partial charge in [-0.05, 0) is 18.2 Å². The number of hydrogen-bond acceptors (Lipinski definition) is 6. The summed E-state index contributed by atoms with van der Waals surface area (Å²) in [5.74, 6) is -0.453. The van der Waals surface area contributed by atoms with Crippen molar-refractivity contribution < 1.29 is 17.9 Å². The summed E-state index contributed by atoms with van der Waals surface area (Å²) >= 11 is 0. The molecule has 1 atom stereocenters. The molecule has 0 fully saturated rings. The SMILES string of the molecule is CCN(CC)S(=O)(=O)c1ccc(NC)c(NC(=O)C(N)COC)c1.Cl. The summed E-state index contributed by atoms with van der Waals surface area (Å²) < 4.78 is 31.4. The van der Waals surface area contributed by atoms with Gasteiger partial charge in [0, 0.05) is 27.2 Å². The summed E-state index contributed by atoms with van der Waals surface area (Å²) in [5.41, 5.74) is 6.64. The Labute approximate surface area is 155 Å². The van der Waals surface area contributed by atoms with Crippen LogP contribution in [-0.4, -0.2) is 58.5 Å². The van der Waals surface area contributed by atoms with Crippen LogP contribution in [0, 0.1) is 0 Å². The smallest absolute Gasteiger partial charge is 0.243 e. The number of nitrogens with one attached hydrogen (secondary N) is 2. The molecule has 0 aromatic heterocycles. The zero-order valence-electron chi connectivity index (χ0n) is 14.9. The molecule has 1 rings (SSSR count). The predicted octanol–water partition coefficient (Wildman–Crippen LogP) is 1.09. The molecule has 0 spiro atoms. The van der Waals surface area contributed by atoms with Crippen molar-refractivity contribution >= 4 is 39.7 Å². The molecular formula is C15H27ClN4O4S. The number of carbonyl (C=O) groups is 1. The monoisotopic (exact) mass is 394 g/mol. The van der Waals surface area contributed by atoms with Crippen LogP contribution in [0.15, 0.2) is 23.1 Å². The van der Waals surface area contributed by atoms with Crippen LogP contribution in [0.4, 0.5) is 11.4 Å². The van der Waals surface area contributed by atoms with Crippen LogP contribution in [0.2, 0.25) is 0 Å². The highest BCUT2D eigenvalue weighted by Crippen LogP contribution is 2.27. The average Bonchev–Trinajstić information content (AvgIpc) is 2.55. The van der Waals surface area contributed by atoms with Crippen molar-refractivity contribution in [3.63, 3.8) is 0 Å². The number of rotatable bonds is 9. The van der Waals surface area contributed by atoms with Crippen molar-refractivity contribution in [3.8, 4) is 0 Å². The number of ether oxygens (including phenoxy) is 1. The van der Waals surface area contributed by atoms with Gasteiger partial charge in [0.2, 0.25) is 15.9 Å². The third-order valence-corrected chi connectivity index (χ3v) is 5.59. The normalized spacial score (nSPS) is 12.4. The van der Waals surface area contributed by atoms with Crippen LogP contribution in [0.1, 0.15) is 13.8 Å². The van der Waals surface area contributed by atoms with Crippen molar-refractivity contribution in [1.82, 2.24) is 4.31 Å². The molecule has 10 heteroatoms. The van der Waals surface area contributed by atoms with E-state index in [-0.39, 0.29) is 23.9 Å². The Kier molecular flexibility index (Phi) is 9.98. The van der Waals surface area contributed by atoms with Gasteiger partial charge >= 0.3 is 0 Å². The van der Waals surface area contributed by atoms with Crippen molar-refractivity contribution in [1.29, 1.82) is 0 Å². The molecule has 0 aliphatic carbocycles. The van der Waals surface area contributed by atoms with Crippen LogP contribution in [0.5, 0.6) is 0 Å². The van der Waals surface area contributed by atoms with E-state index in [2.05, 4.69) is 10.6 Å². The lowest BCUT2D eigenvalue weighted by Crippen LogP contribution is -2.39. The minimum absolute atomic E-state index is 0. The number of halogens is 1. The number of methoxy groups -OCH3 is 1. The van der Waals surface area contributed by atoms with Gasteiger partial charge in [0.25, 0.3) is 0 Å². The maximum absolute atomic E-state index is 12.6. The van der Waals surface area contributed by atoms with Crippen molar-refractivity contribution in [2.45, 2.75) is 24.8 Å². The molecule has 25 heavy (non-hydrogen) atoms. The van der Waals surface area contributed by atoms with Gasteiger partial charge in [-0.3, -0.25) is 4.79 Å². The van der Waals surface area contributed by atoms with Crippen LogP contribution >= 0.6 is 12.4 Å². The third kappa shape index (κ3) is 5.82.